The fraction of sp³-hybridized carbons (Fsp3) is 0.500. The van der Waals surface area contributed by atoms with E-state index in [0.717, 1.165) is 18.4 Å². The highest BCUT2D eigenvalue weighted by atomic mass is 16.5. The van der Waals surface area contributed by atoms with Gasteiger partial charge in [-0.25, -0.2) is 4.79 Å². The largest absolute Gasteiger partial charge is 0.468 e. The Bertz CT molecular complexity index is 674. The molecule has 3 amide bonds. The number of hydrogen-bond donors (Lipinski definition) is 1. The fourth-order valence-corrected chi connectivity index (χ4v) is 3.10. The van der Waals surface area contributed by atoms with Gasteiger partial charge in [0.15, 0.2) is 0 Å². The van der Waals surface area contributed by atoms with E-state index < -0.39 is 11.4 Å². The molecular formula is C18H23N3O4. The first-order valence-corrected chi connectivity index (χ1v) is 8.42. The van der Waals surface area contributed by atoms with Crippen molar-refractivity contribution in [1.82, 2.24) is 15.1 Å². The predicted molar refractivity (Wildman–Crippen MR) is 90.6 cm³/mol. The Hall–Kier alpha value is -2.57. The molecule has 1 heterocycles. The lowest BCUT2D eigenvalue weighted by molar-refractivity contribution is -0.146. The Balaban J connectivity index is 1.66. The monoisotopic (exact) mass is 345 g/mol. The number of carbonyl (C=O) groups is 3. The van der Waals surface area contributed by atoms with Gasteiger partial charge in [0.05, 0.1) is 13.8 Å². The van der Waals surface area contributed by atoms with Crippen LogP contribution in [0.15, 0.2) is 30.3 Å². The summed E-state index contributed by atoms with van der Waals surface area (Å²) in [6.07, 6.45) is 2.02. The number of carbonyl (C=O) groups excluding carboxylic acids is 3. The molecule has 0 bridgehead atoms. The molecular weight excluding hydrogens is 322 g/mol. The molecule has 134 valence electrons. The average Bonchev–Trinajstić information content (AvgIpc) is 3.41. The van der Waals surface area contributed by atoms with Gasteiger partial charge < -0.3 is 15.0 Å². The van der Waals surface area contributed by atoms with E-state index in [2.05, 4.69) is 5.32 Å². The van der Waals surface area contributed by atoms with Crippen molar-refractivity contribution in [1.29, 1.82) is 0 Å². The number of urea groups is 1. The minimum absolute atomic E-state index is 0.0172. The van der Waals surface area contributed by atoms with Gasteiger partial charge in [0.25, 0.3) is 0 Å². The Labute approximate surface area is 146 Å². The molecule has 1 atom stereocenters. The molecule has 2 fully saturated rings. The number of ether oxygens (including phenoxy) is 1. The molecule has 1 unspecified atom stereocenters. The molecule has 3 rings (SSSR count). The number of methoxy groups -OCH3 is 1. The maximum Gasteiger partial charge on any atom is 0.319 e. The number of esters is 1. The van der Waals surface area contributed by atoms with Gasteiger partial charge in [-0.3, -0.25) is 14.5 Å². The summed E-state index contributed by atoms with van der Waals surface area (Å²) in [4.78, 5) is 40.0. The standard InChI is InChI=1S/C18H23N3O4/c1-18(16(23)25-2,13-6-4-3-5-7-13)11-19-17(24)20-10-15(22)21(12-20)14-8-9-14/h3-7,14H,8-12H2,1-2H3,(H,19,24). The van der Waals surface area contributed by atoms with E-state index in [1.54, 1.807) is 11.8 Å². The topological polar surface area (TPSA) is 79.0 Å². The molecule has 0 radical (unpaired) electrons. The van der Waals surface area contributed by atoms with E-state index in [0.29, 0.717) is 6.67 Å². The van der Waals surface area contributed by atoms with Crippen molar-refractivity contribution in [3.05, 3.63) is 35.9 Å². The molecule has 7 nitrogen and oxygen atoms in total. The summed E-state index contributed by atoms with van der Waals surface area (Å²) in [5, 5.41) is 2.79. The van der Waals surface area contributed by atoms with E-state index in [4.69, 9.17) is 4.74 Å². The SMILES string of the molecule is COC(=O)C(C)(CNC(=O)N1CC(=O)N(C2CC2)C1)c1ccccc1. The van der Waals surface area contributed by atoms with Crippen molar-refractivity contribution in [3.8, 4) is 0 Å². The van der Waals surface area contributed by atoms with Crippen LogP contribution in [0.1, 0.15) is 25.3 Å². The summed E-state index contributed by atoms with van der Waals surface area (Å²) in [5.74, 6) is -0.437. The van der Waals surface area contributed by atoms with Crippen molar-refractivity contribution in [2.24, 2.45) is 0 Å². The third kappa shape index (κ3) is 3.45. The normalized spacial score (nSPS) is 19.5. The summed E-state index contributed by atoms with van der Waals surface area (Å²) in [5.41, 5.74) is -0.231. The molecule has 7 heteroatoms. The Kier molecular flexibility index (Phi) is 4.65. The molecule has 1 N–H and O–H groups in total. The van der Waals surface area contributed by atoms with Crippen LogP contribution < -0.4 is 5.32 Å². The van der Waals surface area contributed by atoms with Gasteiger partial charge in [-0.1, -0.05) is 30.3 Å². The summed E-state index contributed by atoms with van der Waals surface area (Å²) >= 11 is 0. The Morgan fingerprint density at radius 3 is 2.56 bits per heavy atom. The minimum Gasteiger partial charge on any atom is -0.468 e. The van der Waals surface area contributed by atoms with Crippen molar-refractivity contribution < 1.29 is 19.1 Å². The smallest absolute Gasteiger partial charge is 0.319 e. The van der Waals surface area contributed by atoms with Gasteiger partial charge >= 0.3 is 12.0 Å². The molecule has 25 heavy (non-hydrogen) atoms. The average molecular weight is 345 g/mol. The van der Waals surface area contributed by atoms with Gasteiger partial charge in [0.2, 0.25) is 5.91 Å². The maximum atomic E-state index is 12.5. The Morgan fingerprint density at radius 2 is 1.96 bits per heavy atom. The lowest BCUT2D eigenvalue weighted by atomic mass is 9.82. The fourth-order valence-electron chi connectivity index (χ4n) is 3.10. The van der Waals surface area contributed by atoms with Gasteiger partial charge in [0.1, 0.15) is 12.0 Å². The third-order valence-corrected chi connectivity index (χ3v) is 4.88. The number of amides is 3. The van der Waals surface area contributed by atoms with E-state index >= 15 is 0 Å². The van der Waals surface area contributed by atoms with Crippen molar-refractivity contribution in [2.45, 2.75) is 31.2 Å². The van der Waals surface area contributed by atoms with E-state index in [1.807, 2.05) is 30.3 Å². The molecule has 0 aromatic heterocycles. The lowest BCUT2D eigenvalue weighted by Gasteiger charge is -2.28. The first-order valence-electron chi connectivity index (χ1n) is 8.42. The summed E-state index contributed by atoms with van der Waals surface area (Å²) < 4.78 is 4.94. The first kappa shape index (κ1) is 17.3. The quantitative estimate of drug-likeness (QED) is 0.811. The van der Waals surface area contributed by atoms with Crippen molar-refractivity contribution >= 4 is 17.9 Å². The maximum absolute atomic E-state index is 12.5. The number of hydrogen-bond acceptors (Lipinski definition) is 4. The molecule has 0 spiro atoms. The molecule has 2 aliphatic rings. The molecule has 1 saturated carbocycles. The van der Waals surface area contributed by atoms with Crippen LogP contribution in [-0.4, -0.2) is 60.6 Å². The molecule has 1 saturated heterocycles. The zero-order valence-corrected chi connectivity index (χ0v) is 14.5. The molecule has 1 aliphatic heterocycles. The predicted octanol–water partition coefficient (Wildman–Crippen LogP) is 1.09. The molecule has 1 aliphatic carbocycles. The van der Waals surface area contributed by atoms with Crippen LogP contribution in [0.3, 0.4) is 0 Å². The van der Waals surface area contributed by atoms with E-state index in [-0.39, 0.29) is 31.1 Å². The van der Waals surface area contributed by atoms with Crippen LogP contribution >= 0.6 is 0 Å². The van der Waals surface area contributed by atoms with Crippen molar-refractivity contribution in [2.75, 3.05) is 26.9 Å². The summed E-state index contributed by atoms with van der Waals surface area (Å²) in [7, 11) is 1.33. The van der Waals surface area contributed by atoms with Gasteiger partial charge in [-0.05, 0) is 25.3 Å². The zero-order chi connectivity index (χ0) is 18.0. The summed E-state index contributed by atoms with van der Waals surface area (Å²) in [6, 6.07) is 9.14. The number of rotatable bonds is 5. The number of nitrogens with zero attached hydrogens (tertiary/aromatic N) is 2. The highest BCUT2D eigenvalue weighted by Crippen LogP contribution is 2.29. The van der Waals surface area contributed by atoms with Crippen molar-refractivity contribution in [3.63, 3.8) is 0 Å². The highest BCUT2D eigenvalue weighted by molar-refractivity contribution is 5.88. The second-order valence-electron chi connectivity index (χ2n) is 6.78. The van der Waals surface area contributed by atoms with Gasteiger partial charge in [0, 0.05) is 12.6 Å². The van der Waals surface area contributed by atoms with Gasteiger partial charge in [-0.15, -0.1) is 0 Å². The minimum atomic E-state index is -0.994. The number of benzene rings is 1. The third-order valence-electron chi connectivity index (χ3n) is 4.88. The van der Waals surface area contributed by atoms with E-state index in [9.17, 15) is 14.4 Å². The zero-order valence-electron chi connectivity index (χ0n) is 14.5. The van der Waals surface area contributed by atoms with Crippen LogP contribution in [0.25, 0.3) is 0 Å². The second kappa shape index (κ2) is 6.74. The molecule has 1 aromatic carbocycles. The lowest BCUT2D eigenvalue weighted by Crippen LogP contribution is -2.48. The Morgan fingerprint density at radius 1 is 1.28 bits per heavy atom. The number of nitrogens with one attached hydrogen (secondary N) is 1. The van der Waals surface area contributed by atoms with Crippen LogP contribution in [0.4, 0.5) is 4.79 Å². The van der Waals surface area contributed by atoms with E-state index in [1.165, 1.54) is 12.0 Å². The van der Waals surface area contributed by atoms with Gasteiger partial charge in [-0.2, -0.15) is 0 Å². The van der Waals surface area contributed by atoms with Crippen LogP contribution in [0.5, 0.6) is 0 Å². The second-order valence-corrected chi connectivity index (χ2v) is 6.78. The first-order chi connectivity index (χ1) is 12.0. The summed E-state index contributed by atoms with van der Waals surface area (Å²) in [6.45, 7) is 2.23. The molecule has 1 aromatic rings. The van der Waals surface area contributed by atoms with Crippen LogP contribution in [0, 0.1) is 0 Å². The van der Waals surface area contributed by atoms with Crippen LogP contribution in [0.2, 0.25) is 0 Å². The van der Waals surface area contributed by atoms with Crippen LogP contribution in [-0.2, 0) is 19.7 Å². The highest BCUT2D eigenvalue weighted by Gasteiger charge is 2.41.